The van der Waals surface area contributed by atoms with Gasteiger partial charge in [-0.15, -0.1) is 0 Å². The summed E-state index contributed by atoms with van der Waals surface area (Å²) in [5.74, 6) is 2.52. The summed E-state index contributed by atoms with van der Waals surface area (Å²) in [6, 6.07) is 0. The maximum Gasteiger partial charge on any atom is 0.0742 e. The molecule has 0 aromatic rings. The molecule has 0 heterocycles. The highest BCUT2D eigenvalue weighted by atomic mass is 14.5. The van der Waals surface area contributed by atoms with E-state index in [0.29, 0.717) is 0 Å². The smallest absolute Gasteiger partial charge is 0.0683 e. The van der Waals surface area contributed by atoms with Crippen LogP contribution in [0.1, 0.15) is 47.0 Å². The molecule has 0 aromatic carbocycles. The maximum atomic E-state index is 6.15. The first-order valence-electron chi connectivity index (χ1n) is 5.25. The molecule has 0 amide bonds. The van der Waals surface area contributed by atoms with Gasteiger partial charge < -0.3 is 0 Å². The van der Waals surface area contributed by atoms with Crippen LogP contribution in [0, 0.1) is 17.8 Å². The van der Waals surface area contributed by atoms with E-state index >= 15 is 0 Å². The monoisotopic (exact) mass is 164 g/mol. The van der Waals surface area contributed by atoms with Crippen molar-refractivity contribution in [2.75, 3.05) is 0 Å². The molecule has 0 nitrogen and oxygen atoms in total. The van der Waals surface area contributed by atoms with Gasteiger partial charge in [-0.3, -0.25) is 0 Å². The average molecular weight is 164 g/mol. The van der Waals surface area contributed by atoms with Crippen LogP contribution in [0.5, 0.6) is 0 Å². The van der Waals surface area contributed by atoms with Crippen molar-refractivity contribution in [3.63, 3.8) is 0 Å². The molecule has 0 aromatic heterocycles. The van der Waals surface area contributed by atoms with Gasteiger partial charge in [-0.05, 0) is 24.2 Å². The highest BCUT2D eigenvalue weighted by Gasteiger charge is 2.43. The lowest BCUT2D eigenvalue weighted by Gasteiger charge is -2.51. The average Bonchev–Trinajstić information content (AvgIpc) is 1.82. The first-order valence-corrected chi connectivity index (χ1v) is 5.25. The van der Waals surface area contributed by atoms with Gasteiger partial charge in [0.15, 0.2) is 0 Å². The fourth-order valence-corrected chi connectivity index (χ4v) is 3.05. The van der Waals surface area contributed by atoms with Crippen molar-refractivity contribution in [1.82, 2.24) is 0 Å². The van der Waals surface area contributed by atoms with E-state index < -0.39 is 0 Å². The Hall–Kier alpha value is 0.0649. The quantitative estimate of drug-likeness (QED) is 0.560. The topological polar surface area (TPSA) is 0 Å². The summed E-state index contributed by atoms with van der Waals surface area (Å²) < 4.78 is 0. The fraction of sp³-hybridized carbons (Fsp3) is 1.00. The third-order valence-electron chi connectivity index (χ3n) is 3.31. The summed E-state index contributed by atoms with van der Waals surface area (Å²) >= 11 is 0. The van der Waals surface area contributed by atoms with Gasteiger partial charge in [0.2, 0.25) is 0 Å². The summed E-state index contributed by atoms with van der Waals surface area (Å²) in [5.41, 5.74) is 0. The van der Waals surface area contributed by atoms with Crippen LogP contribution in [0.15, 0.2) is 0 Å². The van der Waals surface area contributed by atoms with Crippen LogP contribution >= 0.6 is 0 Å². The lowest BCUT2D eigenvalue weighted by Crippen LogP contribution is -2.41. The second-order valence-electron chi connectivity index (χ2n) is 5.11. The molecule has 12 heavy (non-hydrogen) atoms. The fourth-order valence-electron chi connectivity index (χ4n) is 3.05. The summed E-state index contributed by atoms with van der Waals surface area (Å²) in [7, 11) is 6.15. The normalized spacial score (nSPS) is 36.2. The molecule has 0 saturated heterocycles. The number of hydrogen-bond acceptors (Lipinski definition) is 0. The molecule has 1 aliphatic rings. The zero-order chi connectivity index (χ0) is 9.35. The summed E-state index contributed by atoms with van der Waals surface area (Å²) in [6.45, 7) is 8.96. The van der Waals surface area contributed by atoms with E-state index in [-0.39, 0.29) is 5.31 Å². The largest absolute Gasteiger partial charge is 0.0742 e. The van der Waals surface area contributed by atoms with Crippen molar-refractivity contribution in [1.29, 1.82) is 0 Å². The van der Waals surface area contributed by atoms with Crippen molar-refractivity contribution in [3.8, 4) is 0 Å². The predicted octanol–water partition coefficient (Wildman–Crippen LogP) is 3.43. The minimum atomic E-state index is 0.0392. The van der Waals surface area contributed by atoms with Gasteiger partial charge in [0.25, 0.3) is 0 Å². The first kappa shape index (κ1) is 10.1. The number of hydrogen-bond donors (Lipinski definition) is 0. The summed E-state index contributed by atoms with van der Waals surface area (Å²) in [6.07, 6.45) is 4.08. The molecule has 0 aliphatic heterocycles. The van der Waals surface area contributed by atoms with Crippen molar-refractivity contribution >= 4 is 7.85 Å². The van der Waals surface area contributed by atoms with Crippen LogP contribution < -0.4 is 0 Å². The van der Waals surface area contributed by atoms with Crippen LogP contribution in [-0.2, 0) is 0 Å². The van der Waals surface area contributed by atoms with E-state index in [1.165, 1.54) is 19.3 Å². The van der Waals surface area contributed by atoms with Crippen molar-refractivity contribution < 1.29 is 0 Å². The lowest BCUT2D eigenvalue weighted by molar-refractivity contribution is 0.0448. The summed E-state index contributed by atoms with van der Waals surface area (Å²) in [4.78, 5) is 0. The zero-order valence-electron chi connectivity index (χ0n) is 8.93. The van der Waals surface area contributed by atoms with Crippen LogP contribution in [0.2, 0.25) is 5.31 Å². The van der Waals surface area contributed by atoms with Gasteiger partial charge in [-0.2, -0.15) is 0 Å². The van der Waals surface area contributed by atoms with E-state index in [0.717, 1.165) is 17.8 Å². The standard InChI is InChI=1S/C11H21B/c1-5-6-9-7-8(2)10(9)11(3,4)12/h8-10H,5-7H2,1-4H3. The second kappa shape index (κ2) is 3.43. The van der Waals surface area contributed by atoms with Crippen molar-refractivity contribution in [2.45, 2.75) is 52.3 Å². The maximum absolute atomic E-state index is 6.15. The minimum Gasteiger partial charge on any atom is -0.0683 e. The predicted molar refractivity (Wildman–Crippen MR) is 55.5 cm³/mol. The van der Waals surface area contributed by atoms with Gasteiger partial charge in [0, 0.05) is 0 Å². The van der Waals surface area contributed by atoms with Crippen LogP contribution in [0.4, 0.5) is 0 Å². The lowest BCUT2D eigenvalue weighted by atomic mass is 9.48. The molecule has 1 heteroatoms. The van der Waals surface area contributed by atoms with Crippen molar-refractivity contribution in [3.05, 3.63) is 0 Å². The van der Waals surface area contributed by atoms with Crippen LogP contribution in [0.3, 0.4) is 0 Å². The molecule has 68 valence electrons. The molecular weight excluding hydrogens is 143 g/mol. The third-order valence-corrected chi connectivity index (χ3v) is 3.31. The second-order valence-corrected chi connectivity index (χ2v) is 5.11. The Balaban J connectivity index is 2.50. The molecule has 2 radical (unpaired) electrons. The Bertz CT molecular complexity index is 144. The van der Waals surface area contributed by atoms with Crippen molar-refractivity contribution in [2.24, 2.45) is 17.8 Å². The van der Waals surface area contributed by atoms with E-state index in [1.54, 1.807) is 0 Å². The molecule has 1 aliphatic carbocycles. The Morgan fingerprint density at radius 2 is 2.00 bits per heavy atom. The molecular formula is C11H21B. The molecule has 0 N–H and O–H groups in total. The first-order chi connectivity index (χ1) is 5.46. The Morgan fingerprint density at radius 1 is 1.42 bits per heavy atom. The third kappa shape index (κ3) is 1.86. The Kier molecular flexibility index (Phi) is 2.90. The van der Waals surface area contributed by atoms with Gasteiger partial charge in [0.05, 0.1) is 7.85 Å². The Morgan fingerprint density at radius 3 is 2.33 bits per heavy atom. The highest BCUT2D eigenvalue weighted by molar-refractivity contribution is 6.14. The molecule has 1 fully saturated rings. The molecule has 3 atom stereocenters. The van der Waals surface area contributed by atoms with E-state index in [9.17, 15) is 0 Å². The van der Waals surface area contributed by atoms with Gasteiger partial charge >= 0.3 is 0 Å². The molecule has 3 unspecified atom stereocenters. The van der Waals surface area contributed by atoms with E-state index in [4.69, 9.17) is 7.85 Å². The van der Waals surface area contributed by atoms with Gasteiger partial charge in [-0.1, -0.05) is 45.9 Å². The van der Waals surface area contributed by atoms with Gasteiger partial charge in [0.1, 0.15) is 0 Å². The molecule has 0 bridgehead atoms. The van der Waals surface area contributed by atoms with Gasteiger partial charge in [-0.25, -0.2) is 0 Å². The van der Waals surface area contributed by atoms with E-state index in [1.807, 2.05) is 0 Å². The molecule has 1 rings (SSSR count). The SMILES string of the molecule is [B]C(C)(C)C1C(C)CC1CCC. The van der Waals surface area contributed by atoms with E-state index in [2.05, 4.69) is 27.7 Å². The zero-order valence-corrected chi connectivity index (χ0v) is 8.93. The van der Waals surface area contributed by atoms with Crippen LogP contribution in [-0.4, -0.2) is 7.85 Å². The Labute approximate surface area is 78.5 Å². The molecule has 1 saturated carbocycles. The summed E-state index contributed by atoms with van der Waals surface area (Å²) in [5, 5.41) is 0.0392. The molecule has 0 spiro atoms. The van der Waals surface area contributed by atoms with Crippen LogP contribution in [0.25, 0.3) is 0 Å². The number of rotatable bonds is 3. The highest BCUT2D eigenvalue weighted by Crippen LogP contribution is 2.54. The minimum absolute atomic E-state index is 0.0392.